The molecule has 3 aliphatic rings. The molecule has 180 valence electrons. The smallest absolute Gasteiger partial charge is 0.267 e. The van der Waals surface area contributed by atoms with Gasteiger partial charge < -0.3 is 5.32 Å². The monoisotopic (exact) mass is 496 g/mol. The first-order valence-electron chi connectivity index (χ1n) is 12.5. The Morgan fingerprint density at radius 1 is 1.12 bits per heavy atom. The Kier molecular flexibility index (Phi) is 6.80. The maximum atomic E-state index is 13.6. The number of carbonyl (C=O) groups is 1. The SMILES string of the molecule is Cc1cccn2c(=O)c(C=C3SC(=S)N(C4CCCCC4)C3=O)c(NC3CCC(C)CC3)nc12. The molecule has 1 aliphatic heterocycles. The van der Waals surface area contributed by atoms with E-state index in [1.54, 1.807) is 21.6 Å². The minimum Gasteiger partial charge on any atom is -0.367 e. The fourth-order valence-electron chi connectivity index (χ4n) is 5.41. The molecule has 2 aromatic rings. The summed E-state index contributed by atoms with van der Waals surface area (Å²) in [5.74, 6) is 1.23. The van der Waals surface area contributed by atoms with E-state index in [4.69, 9.17) is 17.2 Å². The van der Waals surface area contributed by atoms with Gasteiger partial charge >= 0.3 is 0 Å². The van der Waals surface area contributed by atoms with Crippen molar-refractivity contribution in [3.8, 4) is 0 Å². The molecule has 0 bridgehead atoms. The maximum absolute atomic E-state index is 13.6. The van der Waals surface area contributed by atoms with Gasteiger partial charge in [0.05, 0.1) is 10.5 Å². The Hall–Kier alpha value is -2.19. The number of thiocarbonyl (C=S) groups is 1. The Labute approximate surface area is 210 Å². The summed E-state index contributed by atoms with van der Waals surface area (Å²) >= 11 is 6.91. The normalized spacial score (nSPS) is 25.5. The van der Waals surface area contributed by atoms with Gasteiger partial charge in [-0.1, -0.05) is 56.2 Å². The zero-order chi connectivity index (χ0) is 23.8. The summed E-state index contributed by atoms with van der Waals surface area (Å²) in [4.78, 5) is 34.2. The van der Waals surface area contributed by atoms with Gasteiger partial charge in [0, 0.05) is 18.3 Å². The molecule has 0 spiro atoms. The average Bonchev–Trinajstić information content (AvgIpc) is 3.11. The van der Waals surface area contributed by atoms with Crippen LogP contribution in [0.1, 0.15) is 75.8 Å². The zero-order valence-electron chi connectivity index (χ0n) is 19.9. The van der Waals surface area contributed by atoms with E-state index in [-0.39, 0.29) is 23.6 Å². The number of hydrogen-bond donors (Lipinski definition) is 1. The number of aromatic nitrogens is 2. The van der Waals surface area contributed by atoms with Crippen molar-refractivity contribution in [1.29, 1.82) is 0 Å². The Morgan fingerprint density at radius 2 is 1.85 bits per heavy atom. The maximum Gasteiger partial charge on any atom is 0.267 e. The number of carbonyl (C=O) groups excluding carboxylic acids is 1. The molecule has 34 heavy (non-hydrogen) atoms. The molecule has 6 nitrogen and oxygen atoms in total. The van der Waals surface area contributed by atoms with Crippen molar-refractivity contribution < 1.29 is 4.79 Å². The van der Waals surface area contributed by atoms with Crippen LogP contribution in [-0.4, -0.2) is 36.6 Å². The number of anilines is 1. The van der Waals surface area contributed by atoms with Crippen LogP contribution in [-0.2, 0) is 4.79 Å². The van der Waals surface area contributed by atoms with Gasteiger partial charge in [0.2, 0.25) is 0 Å². The molecule has 2 aliphatic carbocycles. The predicted octanol–water partition coefficient (Wildman–Crippen LogP) is 5.53. The lowest BCUT2D eigenvalue weighted by molar-refractivity contribution is -0.124. The third-order valence-electron chi connectivity index (χ3n) is 7.48. The Bertz CT molecular complexity index is 1210. The van der Waals surface area contributed by atoms with Gasteiger partial charge in [0.25, 0.3) is 11.5 Å². The van der Waals surface area contributed by atoms with E-state index in [0.717, 1.165) is 50.0 Å². The average molecular weight is 497 g/mol. The molecule has 5 rings (SSSR count). The lowest BCUT2D eigenvalue weighted by Crippen LogP contribution is -2.39. The van der Waals surface area contributed by atoms with E-state index >= 15 is 0 Å². The van der Waals surface area contributed by atoms with Crippen LogP contribution >= 0.6 is 24.0 Å². The summed E-state index contributed by atoms with van der Waals surface area (Å²) in [6.45, 7) is 4.25. The van der Waals surface area contributed by atoms with E-state index in [2.05, 4.69) is 12.2 Å². The van der Waals surface area contributed by atoms with E-state index in [1.807, 2.05) is 19.1 Å². The van der Waals surface area contributed by atoms with Gasteiger partial charge in [-0.25, -0.2) is 4.98 Å². The Morgan fingerprint density at radius 3 is 2.59 bits per heavy atom. The molecule has 3 fully saturated rings. The molecular weight excluding hydrogens is 464 g/mol. The van der Waals surface area contributed by atoms with Gasteiger partial charge in [0.1, 0.15) is 15.8 Å². The molecule has 1 amide bonds. The third-order valence-corrected chi connectivity index (χ3v) is 8.81. The first-order chi connectivity index (χ1) is 16.4. The van der Waals surface area contributed by atoms with Gasteiger partial charge in [-0.3, -0.25) is 18.9 Å². The summed E-state index contributed by atoms with van der Waals surface area (Å²) in [5.41, 5.74) is 1.86. The van der Waals surface area contributed by atoms with Crippen LogP contribution in [0.2, 0.25) is 0 Å². The number of hydrogen-bond acceptors (Lipinski definition) is 6. The molecule has 2 saturated carbocycles. The number of pyridine rings is 1. The first kappa shape index (κ1) is 23.5. The second-order valence-corrected chi connectivity index (χ2v) is 11.7. The first-order valence-corrected chi connectivity index (χ1v) is 13.7. The summed E-state index contributed by atoms with van der Waals surface area (Å²) < 4.78 is 2.18. The fourth-order valence-corrected chi connectivity index (χ4v) is 6.80. The number of nitrogens with one attached hydrogen (secondary N) is 1. The van der Waals surface area contributed by atoms with Crippen LogP contribution in [0, 0.1) is 12.8 Å². The van der Waals surface area contributed by atoms with Crippen LogP contribution in [0.3, 0.4) is 0 Å². The third kappa shape index (κ3) is 4.54. The molecule has 0 aromatic carbocycles. The zero-order valence-corrected chi connectivity index (χ0v) is 21.5. The molecule has 8 heteroatoms. The van der Waals surface area contributed by atoms with Crippen molar-refractivity contribution >= 4 is 51.7 Å². The van der Waals surface area contributed by atoms with Crippen molar-refractivity contribution in [2.45, 2.75) is 83.7 Å². The van der Waals surface area contributed by atoms with E-state index in [0.29, 0.717) is 26.3 Å². The molecule has 1 N–H and O–H groups in total. The van der Waals surface area contributed by atoms with Crippen molar-refractivity contribution in [3.05, 3.63) is 44.7 Å². The number of rotatable bonds is 4. The Balaban J connectivity index is 1.54. The van der Waals surface area contributed by atoms with Crippen LogP contribution in [0.25, 0.3) is 11.7 Å². The van der Waals surface area contributed by atoms with Crippen LogP contribution in [0.5, 0.6) is 0 Å². The molecule has 2 aromatic heterocycles. The lowest BCUT2D eigenvalue weighted by atomic mass is 9.87. The summed E-state index contributed by atoms with van der Waals surface area (Å²) in [7, 11) is 0. The molecule has 0 unspecified atom stereocenters. The van der Waals surface area contributed by atoms with Crippen molar-refractivity contribution in [3.63, 3.8) is 0 Å². The van der Waals surface area contributed by atoms with Crippen molar-refractivity contribution in [2.75, 3.05) is 5.32 Å². The summed E-state index contributed by atoms with van der Waals surface area (Å²) in [6, 6.07) is 4.27. The summed E-state index contributed by atoms with van der Waals surface area (Å²) in [5, 5.41) is 3.57. The van der Waals surface area contributed by atoms with Crippen LogP contribution in [0.15, 0.2) is 28.0 Å². The molecular formula is C26H32N4O2S2. The van der Waals surface area contributed by atoms with Gasteiger partial charge in [-0.2, -0.15) is 0 Å². The minimum absolute atomic E-state index is 0.0759. The highest BCUT2D eigenvalue weighted by Crippen LogP contribution is 2.38. The number of thioether (sulfide) groups is 1. The van der Waals surface area contributed by atoms with E-state index in [9.17, 15) is 9.59 Å². The fraction of sp³-hybridized carbons (Fsp3) is 0.538. The van der Waals surface area contributed by atoms with E-state index < -0.39 is 0 Å². The number of aryl methyl sites for hydroxylation is 1. The van der Waals surface area contributed by atoms with Gasteiger partial charge in [0.15, 0.2) is 0 Å². The molecule has 0 radical (unpaired) electrons. The summed E-state index contributed by atoms with van der Waals surface area (Å²) in [6.07, 6.45) is 13.4. The second-order valence-electron chi connectivity index (χ2n) is 10.0. The lowest BCUT2D eigenvalue weighted by Gasteiger charge is -2.29. The predicted molar refractivity (Wildman–Crippen MR) is 143 cm³/mol. The highest BCUT2D eigenvalue weighted by atomic mass is 32.2. The van der Waals surface area contributed by atoms with Gasteiger partial charge in [-0.05, 0) is 69.1 Å². The van der Waals surface area contributed by atoms with Crippen LogP contribution in [0.4, 0.5) is 5.82 Å². The number of nitrogens with zero attached hydrogens (tertiary/aromatic N) is 3. The number of fused-ring (bicyclic) bond motifs is 1. The standard InChI is InChI=1S/C26H32N4O2S2/c1-16-10-12-18(13-11-16)27-22-20(24(31)29-14-6-7-17(2)23(29)28-22)15-21-25(32)30(26(33)34-21)19-8-4-3-5-9-19/h6-7,14-16,18-19,27H,3-5,8-13H2,1-2H3. The van der Waals surface area contributed by atoms with E-state index in [1.165, 1.54) is 31.0 Å². The van der Waals surface area contributed by atoms with Crippen molar-refractivity contribution in [2.24, 2.45) is 5.92 Å². The van der Waals surface area contributed by atoms with Crippen molar-refractivity contribution in [1.82, 2.24) is 14.3 Å². The minimum atomic E-state index is -0.164. The highest BCUT2D eigenvalue weighted by Gasteiger charge is 2.38. The quantitative estimate of drug-likeness (QED) is 0.444. The second kappa shape index (κ2) is 9.82. The highest BCUT2D eigenvalue weighted by molar-refractivity contribution is 8.26. The topological polar surface area (TPSA) is 66.7 Å². The molecule has 1 saturated heterocycles. The largest absolute Gasteiger partial charge is 0.367 e. The number of amides is 1. The van der Waals surface area contributed by atoms with Gasteiger partial charge in [-0.15, -0.1) is 0 Å². The molecule has 3 heterocycles. The van der Waals surface area contributed by atoms with Crippen LogP contribution < -0.4 is 10.9 Å². The molecule has 0 atom stereocenters.